The number of halogens is 1. The Morgan fingerprint density at radius 3 is 3.00 bits per heavy atom. The number of aliphatic carboxylic acids is 1. The maximum atomic E-state index is 13.0. The van der Waals surface area contributed by atoms with Gasteiger partial charge < -0.3 is 10.0 Å². The Balaban J connectivity index is 2.27. The lowest BCUT2D eigenvalue weighted by molar-refractivity contribution is -0.136. The average molecular weight is 255 g/mol. The summed E-state index contributed by atoms with van der Waals surface area (Å²) >= 11 is 1.27. The molecule has 1 heterocycles. The van der Waals surface area contributed by atoms with Crippen molar-refractivity contribution >= 4 is 29.3 Å². The van der Waals surface area contributed by atoms with E-state index in [2.05, 4.69) is 0 Å². The number of amides is 1. The molecule has 6 heteroatoms. The number of thioether (sulfide) groups is 1. The number of carboxylic acid groups (broad SMARTS) is 1. The molecule has 17 heavy (non-hydrogen) atoms. The SMILES string of the molecule is O=C(O)CCN1C(=O)CSc2cc(F)ccc21. The number of carboxylic acids is 1. The zero-order valence-electron chi connectivity index (χ0n) is 8.85. The molecule has 1 aromatic carbocycles. The first kappa shape index (κ1) is 11.9. The Kier molecular flexibility index (Phi) is 3.33. The van der Waals surface area contributed by atoms with Gasteiger partial charge in [-0.2, -0.15) is 0 Å². The van der Waals surface area contributed by atoms with Gasteiger partial charge >= 0.3 is 5.97 Å². The number of hydrogen-bond acceptors (Lipinski definition) is 3. The van der Waals surface area contributed by atoms with E-state index < -0.39 is 5.97 Å². The lowest BCUT2D eigenvalue weighted by Gasteiger charge is -2.28. The molecule has 1 aliphatic rings. The normalized spacial score (nSPS) is 14.6. The molecule has 0 saturated heterocycles. The highest BCUT2D eigenvalue weighted by Gasteiger charge is 2.25. The number of nitrogens with zero attached hydrogens (tertiary/aromatic N) is 1. The average Bonchev–Trinajstić information content (AvgIpc) is 2.27. The van der Waals surface area contributed by atoms with E-state index in [4.69, 9.17) is 5.11 Å². The van der Waals surface area contributed by atoms with Crippen molar-refractivity contribution in [3.63, 3.8) is 0 Å². The van der Waals surface area contributed by atoms with Gasteiger partial charge in [-0.05, 0) is 18.2 Å². The van der Waals surface area contributed by atoms with E-state index in [1.54, 1.807) is 0 Å². The van der Waals surface area contributed by atoms with Crippen LogP contribution in [0.2, 0.25) is 0 Å². The Morgan fingerprint density at radius 2 is 2.29 bits per heavy atom. The van der Waals surface area contributed by atoms with Gasteiger partial charge in [-0.25, -0.2) is 4.39 Å². The lowest BCUT2D eigenvalue weighted by atomic mass is 10.2. The van der Waals surface area contributed by atoms with Gasteiger partial charge in [0, 0.05) is 11.4 Å². The summed E-state index contributed by atoms with van der Waals surface area (Å²) in [5.41, 5.74) is 0.592. The zero-order valence-corrected chi connectivity index (χ0v) is 9.67. The fourth-order valence-electron chi connectivity index (χ4n) is 1.63. The number of hydrogen-bond donors (Lipinski definition) is 1. The molecule has 4 nitrogen and oxygen atoms in total. The van der Waals surface area contributed by atoms with Crippen molar-refractivity contribution in [1.29, 1.82) is 0 Å². The number of rotatable bonds is 3. The highest BCUT2D eigenvalue weighted by atomic mass is 32.2. The minimum absolute atomic E-state index is 0.118. The number of anilines is 1. The van der Waals surface area contributed by atoms with Gasteiger partial charge in [0.2, 0.25) is 5.91 Å². The highest BCUT2D eigenvalue weighted by Crippen LogP contribution is 2.35. The van der Waals surface area contributed by atoms with Crippen molar-refractivity contribution in [1.82, 2.24) is 0 Å². The van der Waals surface area contributed by atoms with Crippen LogP contribution in [0.3, 0.4) is 0 Å². The second-order valence-corrected chi connectivity index (χ2v) is 4.61. The van der Waals surface area contributed by atoms with Crippen molar-refractivity contribution in [3.05, 3.63) is 24.0 Å². The third-order valence-electron chi connectivity index (χ3n) is 2.41. The van der Waals surface area contributed by atoms with Crippen molar-refractivity contribution in [2.45, 2.75) is 11.3 Å². The monoisotopic (exact) mass is 255 g/mol. The first-order valence-corrected chi connectivity index (χ1v) is 6.01. The molecule has 0 radical (unpaired) electrons. The molecule has 0 fully saturated rings. The molecular weight excluding hydrogens is 245 g/mol. The van der Waals surface area contributed by atoms with Gasteiger partial charge in [-0.15, -0.1) is 11.8 Å². The zero-order chi connectivity index (χ0) is 12.4. The molecule has 1 aromatic rings. The summed E-state index contributed by atoms with van der Waals surface area (Å²) in [6, 6.07) is 4.14. The summed E-state index contributed by atoms with van der Waals surface area (Å²) in [5.74, 6) is -1.24. The van der Waals surface area contributed by atoms with Crippen molar-refractivity contribution < 1.29 is 19.1 Å². The summed E-state index contributed by atoms with van der Waals surface area (Å²) in [5, 5.41) is 8.62. The van der Waals surface area contributed by atoms with E-state index in [1.807, 2.05) is 0 Å². The van der Waals surface area contributed by atoms with Gasteiger partial charge in [-0.1, -0.05) is 0 Å². The maximum Gasteiger partial charge on any atom is 0.305 e. The Morgan fingerprint density at radius 1 is 1.53 bits per heavy atom. The van der Waals surface area contributed by atoms with E-state index >= 15 is 0 Å². The topological polar surface area (TPSA) is 57.6 Å². The van der Waals surface area contributed by atoms with Crippen LogP contribution in [0.5, 0.6) is 0 Å². The van der Waals surface area contributed by atoms with Crippen LogP contribution < -0.4 is 4.90 Å². The van der Waals surface area contributed by atoms with Crippen LogP contribution in [-0.2, 0) is 9.59 Å². The number of benzene rings is 1. The quantitative estimate of drug-likeness (QED) is 0.893. The standard InChI is InChI=1S/C11H10FNO3S/c12-7-1-2-8-9(5-7)17-6-10(14)13(8)4-3-11(15)16/h1-2,5H,3-4,6H2,(H,15,16). The molecule has 0 unspecified atom stereocenters. The predicted octanol–water partition coefficient (Wildman–Crippen LogP) is 1.74. The molecule has 0 bridgehead atoms. The molecule has 0 spiro atoms. The Labute approximate surface area is 101 Å². The predicted molar refractivity (Wildman–Crippen MR) is 61.7 cm³/mol. The van der Waals surface area contributed by atoms with E-state index in [0.29, 0.717) is 10.6 Å². The van der Waals surface area contributed by atoms with Crippen LogP contribution in [0.1, 0.15) is 6.42 Å². The van der Waals surface area contributed by atoms with Crippen molar-refractivity contribution in [2.75, 3.05) is 17.2 Å². The summed E-state index contributed by atoms with van der Waals surface area (Å²) in [6.45, 7) is 0.118. The van der Waals surface area contributed by atoms with E-state index in [1.165, 1.54) is 34.9 Å². The fraction of sp³-hybridized carbons (Fsp3) is 0.273. The molecule has 1 N–H and O–H groups in total. The molecular formula is C11H10FNO3S. The van der Waals surface area contributed by atoms with Gasteiger partial charge in [0.05, 0.1) is 17.9 Å². The van der Waals surface area contributed by atoms with Crippen LogP contribution in [-0.4, -0.2) is 29.3 Å². The van der Waals surface area contributed by atoms with E-state index in [-0.39, 0.29) is 30.4 Å². The molecule has 0 aromatic heterocycles. The minimum Gasteiger partial charge on any atom is -0.481 e. The summed E-state index contributed by atoms with van der Waals surface area (Å²) in [4.78, 5) is 24.3. The van der Waals surface area contributed by atoms with Gasteiger partial charge in [0.25, 0.3) is 0 Å². The largest absolute Gasteiger partial charge is 0.481 e. The van der Waals surface area contributed by atoms with Gasteiger partial charge in [0.1, 0.15) is 5.82 Å². The molecule has 1 aliphatic heterocycles. The van der Waals surface area contributed by atoms with Crippen LogP contribution in [0.25, 0.3) is 0 Å². The smallest absolute Gasteiger partial charge is 0.305 e. The lowest BCUT2D eigenvalue weighted by Crippen LogP contribution is -2.37. The van der Waals surface area contributed by atoms with Crippen LogP contribution >= 0.6 is 11.8 Å². The van der Waals surface area contributed by atoms with Crippen LogP contribution in [0.15, 0.2) is 23.1 Å². The number of carbonyl (C=O) groups is 2. The Bertz CT molecular complexity index is 478. The van der Waals surface area contributed by atoms with Crippen LogP contribution in [0.4, 0.5) is 10.1 Å². The molecule has 0 atom stereocenters. The third-order valence-corrected chi connectivity index (χ3v) is 3.44. The van der Waals surface area contributed by atoms with E-state index in [0.717, 1.165) is 0 Å². The van der Waals surface area contributed by atoms with Crippen molar-refractivity contribution in [3.8, 4) is 0 Å². The molecule has 0 aliphatic carbocycles. The third kappa shape index (κ3) is 2.58. The first-order valence-electron chi connectivity index (χ1n) is 5.02. The summed E-state index contributed by atoms with van der Waals surface area (Å²) in [7, 11) is 0. The van der Waals surface area contributed by atoms with E-state index in [9.17, 15) is 14.0 Å². The first-order chi connectivity index (χ1) is 8.08. The summed E-state index contributed by atoms with van der Waals surface area (Å²) < 4.78 is 13.0. The second-order valence-electron chi connectivity index (χ2n) is 3.59. The Hall–Kier alpha value is -1.56. The number of fused-ring (bicyclic) bond motifs is 1. The maximum absolute atomic E-state index is 13.0. The molecule has 90 valence electrons. The fourth-order valence-corrected chi connectivity index (χ4v) is 2.59. The second kappa shape index (κ2) is 4.75. The number of carbonyl (C=O) groups excluding carboxylic acids is 1. The highest BCUT2D eigenvalue weighted by molar-refractivity contribution is 8.00. The molecule has 2 rings (SSSR count). The molecule has 0 saturated carbocycles. The molecule has 1 amide bonds. The van der Waals surface area contributed by atoms with Crippen molar-refractivity contribution in [2.24, 2.45) is 0 Å². The van der Waals surface area contributed by atoms with Gasteiger partial charge in [-0.3, -0.25) is 9.59 Å². The minimum atomic E-state index is -0.959. The van der Waals surface area contributed by atoms with Gasteiger partial charge in [0.15, 0.2) is 0 Å². The van der Waals surface area contributed by atoms with Crippen LogP contribution in [0, 0.1) is 5.82 Å². The summed E-state index contributed by atoms with van der Waals surface area (Å²) in [6.07, 6.45) is -0.118.